The van der Waals surface area contributed by atoms with Gasteiger partial charge >= 0.3 is 0 Å². The summed E-state index contributed by atoms with van der Waals surface area (Å²) in [5, 5.41) is 0. The van der Waals surface area contributed by atoms with Crippen molar-refractivity contribution in [3.63, 3.8) is 0 Å². The van der Waals surface area contributed by atoms with Crippen molar-refractivity contribution in [2.45, 2.75) is 12.0 Å². The summed E-state index contributed by atoms with van der Waals surface area (Å²) in [5.41, 5.74) is 7.68. The number of ether oxygens (including phenoxy) is 1. The van der Waals surface area contributed by atoms with Gasteiger partial charge in [-0.15, -0.1) is 0 Å². The minimum Gasteiger partial charge on any atom is -0.379 e. The average molecular weight is 195 g/mol. The van der Waals surface area contributed by atoms with Crippen LogP contribution in [-0.4, -0.2) is 29.3 Å². The first-order valence-electron chi connectivity index (χ1n) is 4.52. The van der Waals surface area contributed by atoms with E-state index in [-0.39, 0.29) is 5.91 Å². The summed E-state index contributed by atoms with van der Waals surface area (Å²) in [6, 6.07) is 3.66. The Bertz CT molecular complexity index is 315. The smallest absolute Gasteiger partial charge is 0.261 e. The molecule has 2 rings (SSSR count). The lowest BCUT2D eigenvalue weighted by Gasteiger charge is -2.20. The number of hydrogen-bond donors (Lipinski definition) is 2. The molecule has 1 aromatic rings. The van der Waals surface area contributed by atoms with Crippen molar-refractivity contribution in [2.24, 2.45) is 5.73 Å². The average Bonchev–Trinajstić information content (AvgIpc) is 2.76. The van der Waals surface area contributed by atoms with Crippen LogP contribution in [0.1, 0.15) is 6.42 Å². The van der Waals surface area contributed by atoms with Gasteiger partial charge in [0, 0.05) is 25.4 Å². The molecule has 1 fully saturated rings. The van der Waals surface area contributed by atoms with Crippen molar-refractivity contribution in [2.75, 3.05) is 18.6 Å². The zero-order chi connectivity index (χ0) is 10.0. The lowest BCUT2D eigenvalue weighted by Crippen LogP contribution is -2.53. The van der Waals surface area contributed by atoms with Gasteiger partial charge in [0.05, 0.1) is 6.61 Å². The lowest BCUT2D eigenvalue weighted by atomic mass is 10.00. The molecule has 1 amide bonds. The number of nitrogens with one attached hydrogen (secondary N) is 1. The van der Waals surface area contributed by atoms with Gasteiger partial charge in [0.15, 0.2) is 0 Å². The minimum atomic E-state index is -0.871. The highest BCUT2D eigenvalue weighted by Gasteiger charge is 2.38. The molecule has 1 aliphatic rings. The number of hydrogen-bond acceptors (Lipinski definition) is 3. The fourth-order valence-electron chi connectivity index (χ4n) is 1.40. The van der Waals surface area contributed by atoms with Crippen LogP contribution in [0.15, 0.2) is 24.5 Å². The number of amides is 1. The van der Waals surface area contributed by atoms with Crippen LogP contribution in [0.2, 0.25) is 0 Å². The summed E-state index contributed by atoms with van der Waals surface area (Å²) in [4.78, 5) is 11.7. The largest absolute Gasteiger partial charge is 0.379 e. The van der Waals surface area contributed by atoms with Crippen LogP contribution >= 0.6 is 0 Å². The normalized spacial score (nSPS) is 26.4. The number of nitrogens with two attached hydrogens (primary N) is 1. The Labute approximate surface area is 81.8 Å². The molecule has 0 spiro atoms. The molecule has 0 aliphatic carbocycles. The maximum absolute atomic E-state index is 11.7. The van der Waals surface area contributed by atoms with Gasteiger partial charge < -0.3 is 10.5 Å². The summed E-state index contributed by atoms with van der Waals surface area (Å²) >= 11 is 0. The van der Waals surface area contributed by atoms with Gasteiger partial charge in [0.2, 0.25) is 0 Å². The van der Waals surface area contributed by atoms with E-state index >= 15 is 0 Å². The maximum Gasteiger partial charge on any atom is 0.261 e. The van der Waals surface area contributed by atoms with E-state index in [4.69, 9.17) is 10.5 Å². The summed E-state index contributed by atoms with van der Waals surface area (Å²) in [7, 11) is 0. The zero-order valence-electron chi connectivity index (χ0n) is 7.77. The Morgan fingerprint density at radius 3 is 2.79 bits per heavy atom. The van der Waals surface area contributed by atoms with E-state index in [0.717, 1.165) is 0 Å². The number of carbonyl (C=O) groups is 1. The molecular formula is C9H13N3O2. The van der Waals surface area contributed by atoms with Crippen molar-refractivity contribution in [3.8, 4) is 0 Å². The van der Waals surface area contributed by atoms with Crippen LogP contribution in [0.25, 0.3) is 0 Å². The number of rotatable bonds is 2. The summed E-state index contributed by atoms with van der Waals surface area (Å²) in [6.45, 7) is 0.843. The van der Waals surface area contributed by atoms with E-state index in [9.17, 15) is 4.79 Å². The molecular weight excluding hydrogens is 182 g/mol. The standard InChI is InChI=1S/C9H13N3O2/c10-9(3-6-14-7-9)8(13)11-12-4-1-2-5-12/h1-2,4-5H,3,6-7,10H2,(H,11,13). The third-order valence-electron chi connectivity index (χ3n) is 2.34. The molecule has 1 aromatic heterocycles. The van der Waals surface area contributed by atoms with Gasteiger partial charge in [-0.25, -0.2) is 0 Å². The van der Waals surface area contributed by atoms with E-state index in [0.29, 0.717) is 19.6 Å². The SMILES string of the molecule is NC1(C(=O)Nn2cccc2)CCOC1. The quantitative estimate of drug-likeness (QED) is 0.679. The Balaban J connectivity index is 2.02. The monoisotopic (exact) mass is 195 g/mol. The molecule has 5 nitrogen and oxygen atoms in total. The Morgan fingerprint density at radius 1 is 1.50 bits per heavy atom. The maximum atomic E-state index is 11.7. The van der Waals surface area contributed by atoms with E-state index in [1.165, 1.54) is 0 Å². The van der Waals surface area contributed by atoms with E-state index in [2.05, 4.69) is 5.43 Å². The van der Waals surface area contributed by atoms with Crippen molar-refractivity contribution in [1.82, 2.24) is 4.68 Å². The van der Waals surface area contributed by atoms with Gasteiger partial charge in [-0.1, -0.05) is 0 Å². The number of aromatic nitrogens is 1. The molecule has 76 valence electrons. The topological polar surface area (TPSA) is 69.3 Å². The van der Waals surface area contributed by atoms with Crippen LogP contribution in [0.5, 0.6) is 0 Å². The third kappa shape index (κ3) is 1.64. The molecule has 1 atom stereocenters. The third-order valence-corrected chi connectivity index (χ3v) is 2.34. The molecule has 14 heavy (non-hydrogen) atoms. The van der Waals surface area contributed by atoms with Crippen LogP contribution in [0, 0.1) is 0 Å². The molecule has 0 aromatic carbocycles. The Hall–Kier alpha value is -1.33. The second-order valence-electron chi connectivity index (χ2n) is 3.49. The second kappa shape index (κ2) is 3.43. The van der Waals surface area contributed by atoms with Crippen molar-refractivity contribution < 1.29 is 9.53 Å². The molecule has 0 saturated carbocycles. The predicted molar refractivity (Wildman–Crippen MR) is 51.2 cm³/mol. The summed E-state index contributed by atoms with van der Waals surface area (Å²) in [5.74, 6) is -0.203. The van der Waals surface area contributed by atoms with Gasteiger partial charge in [-0.3, -0.25) is 14.9 Å². The molecule has 2 heterocycles. The Morgan fingerprint density at radius 2 is 2.21 bits per heavy atom. The highest BCUT2D eigenvalue weighted by molar-refractivity contribution is 5.93. The predicted octanol–water partition coefficient (Wildman–Crippen LogP) is -0.324. The van der Waals surface area contributed by atoms with Crippen molar-refractivity contribution in [3.05, 3.63) is 24.5 Å². The first-order chi connectivity index (χ1) is 6.71. The molecule has 1 aliphatic heterocycles. The molecule has 5 heteroatoms. The van der Waals surface area contributed by atoms with Gasteiger partial charge in [0.25, 0.3) is 5.91 Å². The molecule has 0 bridgehead atoms. The zero-order valence-corrected chi connectivity index (χ0v) is 7.77. The van der Waals surface area contributed by atoms with Crippen LogP contribution < -0.4 is 11.2 Å². The highest BCUT2D eigenvalue weighted by Crippen LogP contribution is 2.15. The van der Waals surface area contributed by atoms with Gasteiger partial charge in [-0.05, 0) is 12.1 Å². The number of carbonyl (C=O) groups excluding carboxylic acids is 1. The molecule has 1 unspecified atom stereocenters. The van der Waals surface area contributed by atoms with Crippen molar-refractivity contribution >= 4 is 5.91 Å². The minimum absolute atomic E-state index is 0.203. The van der Waals surface area contributed by atoms with Crippen LogP contribution in [0.4, 0.5) is 0 Å². The summed E-state index contributed by atoms with van der Waals surface area (Å²) < 4.78 is 6.68. The molecule has 0 radical (unpaired) electrons. The van der Waals surface area contributed by atoms with Gasteiger partial charge in [-0.2, -0.15) is 0 Å². The van der Waals surface area contributed by atoms with Crippen LogP contribution in [-0.2, 0) is 9.53 Å². The fraction of sp³-hybridized carbons (Fsp3) is 0.444. The summed E-state index contributed by atoms with van der Waals surface area (Å²) in [6.07, 6.45) is 4.06. The highest BCUT2D eigenvalue weighted by atomic mass is 16.5. The van der Waals surface area contributed by atoms with Gasteiger partial charge in [0.1, 0.15) is 5.54 Å². The molecule has 3 N–H and O–H groups in total. The van der Waals surface area contributed by atoms with E-state index in [1.54, 1.807) is 17.1 Å². The van der Waals surface area contributed by atoms with E-state index in [1.807, 2.05) is 12.1 Å². The first kappa shape index (κ1) is 9.23. The lowest BCUT2D eigenvalue weighted by molar-refractivity contribution is -0.122. The van der Waals surface area contributed by atoms with E-state index < -0.39 is 5.54 Å². The fourth-order valence-corrected chi connectivity index (χ4v) is 1.40. The van der Waals surface area contributed by atoms with Crippen molar-refractivity contribution in [1.29, 1.82) is 0 Å². The second-order valence-corrected chi connectivity index (χ2v) is 3.49. The molecule has 1 saturated heterocycles. The Kier molecular flexibility index (Phi) is 2.26. The number of nitrogens with zero attached hydrogens (tertiary/aromatic N) is 1. The van der Waals surface area contributed by atoms with Crippen LogP contribution in [0.3, 0.4) is 0 Å². The first-order valence-corrected chi connectivity index (χ1v) is 4.52.